The van der Waals surface area contributed by atoms with E-state index in [-0.39, 0.29) is 0 Å². The van der Waals surface area contributed by atoms with Crippen LogP contribution < -0.4 is 5.32 Å². The van der Waals surface area contributed by atoms with Crippen LogP contribution in [0.5, 0.6) is 0 Å². The van der Waals surface area contributed by atoms with Crippen LogP contribution >= 0.6 is 0 Å². The van der Waals surface area contributed by atoms with Gasteiger partial charge in [0.05, 0.1) is 5.69 Å². The second-order valence-corrected chi connectivity index (χ2v) is 5.86. The molecule has 2 rings (SSSR count). The van der Waals surface area contributed by atoms with Crippen LogP contribution in [0.1, 0.15) is 38.4 Å². The van der Waals surface area contributed by atoms with Crippen LogP contribution in [0.15, 0.2) is 6.20 Å². The number of imidazole rings is 1. The lowest BCUT2D eigenvalue weighted by Gasteiger charge is -2.30. The van der Waals surface area contributed by atoms with E-state index in [0.717, 1.165) is 24.1 Å². The maximum atomic E-state index is 4.57. The zero-order valence-electron chi connectivity index (χ0n) is 12.1. The lowest BCUT2D eigenvalue weighted by Crippen LogP contribution is -2.35. The molecule has 102 valence electrons. The van der Waals surface area contributed by atoms with Crippen LogP contribution in [0, 0.1) is 12.8 Å². The second kappa shape index (κ2) is 5.74. The van der Waals surface area contributed by atoms with Crippen LogP contribution in [0.25, 0.3) is 0 Å². The van der Waals surface area contributed by atoms with Crippen molar-refractivity contribution >= 4 is 5.95 Å². The zero-order valence-corrected chi connectivity index (χ0v) is 12.1. The zero-order chi connectivity index (χ0) is 13.1. The van der Waals surface area contributed by atoms with Crippen molar-refractivity contribution in [2.75, 3.05) is 32.0 Å². The maximum absolute atomic E-state index is 4.57. The molecule has 1 atom stereocenters. The number of piperidine rings is 1. The minimum Gasteiger partial charge on any atom is -0.355 e. The van der Waals surface area contributed by atoms with Gasteiger partial charge in [0.25, 0.3) is 0 Å². The Morgan fingerprint density at radius 3 is 2.94 bits per heavy atom. The Labute approximate surface area is 110 Å². The maximum Gasteiger partial charge on any atom is 0.203 e. The van der Waals surface area contributed by atoms with Gasteiger partial charge in [-0.05, 0) is 53.1 Å². The number of rotatable bonds is 4. The molecular formula is C14H26N4. The fraction of sp³-hybridized carbons (Fsp3) is 0.786. The Hall–Kier alpha value is -1.03. The molecule has 1 saturated heterocycles. The number of hydrogen-bond donors (Lipinski definition) is 1. The summed E-state index contributed by atoms with van der Waals surface area (Å²) in [4.78, 5) is 7.00. The summed E-state index contributed by atoms with van der Waals surface area (Å²) in [5.41, 5.74) is 1.09. The molecule has 1 fully saturated rings. The van der Waals surface area contributed by atoms with Crippen molar-refractivity contribution in [2.24, 2.45) is 5.92 Å². The fourth-order valence-electron chi connectivity index (χ4n) is 2.72. The summed E-state index contributed by atoms with van der Waals surface area (Å²) >= 11 is 0. The van der Waals surface area contributed by atoms with Gasteiger partial charge in [-0.15, -0.1) is 0 Å². The van der Waals surface area contributed by atoms with Gasteiger partial charge in [0.1, 0.15) is 0 Å². The first-order valence-corrected chi connectivity index (χ1v) is 7.04. The summed E-state index contributed by atoms with van der Waals surface area (Å²) in [7, 11) is 2.21. The number of hydrogen-bond acceptors (Lipinski definition) is 3. The number of nitrogens with one attached hydrogen (secondary N) is 1. The fourth-order valence-corrected chi connectivity index (χ4v) is 2.72. The Morgan fingerprint density at radius 1 is 1.50 bits per heavy atom. The molecule has 1 N–H and O–H groups in total. The number of aromatic nitrogens is 2. The first-order valence-electron chi connectivity index (χ1n) is 7.04. The van der Waals surface area contributed by atoms with E-state index in [2.05, 4.69) is 53.8 Å². The molecule has 0 bridgehead atoms. The van der Waals surface area contributed by atoms with Crippen molar-refractivity contribution in [1.82, 2.24) is 14.5 Å². The predicted molar refractivity (Wildman–Crippen MR) is 76.1 cm³/mol. The lowest BCUT2D eigenvalue weighted by molar-refractivity contribution is 0.217. The normalized spacial score (nSPS) is 21.5. The Bertz CT molecular complexity index is 383. The van der Waals surface area contributed by atoms with Gasteiger partial charge in [-0.3, -0.25) is 0 Å². The number of aryl methyl sites for hydroxylation is 1. The average Bonchev–Trinajstić information content (AvgIpc) is 2.68. The molecular weight excluding hydrogens is 224 g/mol. The molecule has 1 aromatic rings. The van der Waals surface area contributed by atoms with E-state index < -0.39 is 0 Å². The smallest absolute Gasteiger partial charge is 0.203 e. The van der Waals surface area contributed by atoms with Gasteiger partial charge < -0.3 is 14.8 Å². The molecule has 2 heterocycles. The van der Waals surface area contributed by atoms with Crippen LogP contribution in [0.4, 0.5) is 5.95 Å². The number of nitrogens with zero attached hydrogens (tertiary/aromatic N) is 3. The highest BCUT2D eigenvalue weighted by Gasteiger charge is 2.18. The molecule has 1 unspecified atom stereocenters. The van der Waals surface area contributed by atoms with E-state index in [0.29, 0.717) is 6.04 Å². The Kier molecular flexibility index (Phi) is 4.27. The third kappa shape index (κ3) is 3.25. The van der Waals surface area contributed by atoms with Gasteiger partial charge in [-0.25, -0.2) is 4.98 Å². The molecule has 1 aliphatic heterocycles. The molecule has 0 amide bonds. The van der Waals surface area contributed by atoms with Crippen molar-refractivity contribution in [3.63, 3.8) is 0 Å². The van der Waals surface area contributed by atoms with Gasteiger partial charge in [-0.1, -0.05) is 0 Å². The monoisotopic (exact) mass is 250 g/mol. The van der Waals surface area contributed by atoms with E-state index in [1.54, 1.807) is 0 Å². The van der Waals surface area contributed by atoms with Crippen molar-refractivity contribution in [1.29, 1.82) is 0 Å². The molecule has 0 radical (unpaired) electrons. The minimum atomic E-state index is 0.461. The van der Waals surface area contributed by atoms with Crippen LogP contribution in [0.2, 0.25) is 0 Å². The first-order chi connectivity index (χ1) is 8.56. The summed E-state index contributed by atoms with van der Waals surface area (Å²) in [5.74, 6) is 1.78. The SMILES string of the molecule is Cc1cn(C(C)C)c(NCC2CCCN(C)C2)n1. The number of likely N-dealkylation sites (tertiary alicyclic amines) is 1. The van der Waals surface area contributed by atoms with Gasteiger partial charge in [0, 0.05) is 25.3 Å². The van der Waals surface area contributed by atoms with Crippen LogP contribution in [0.3, 0.4) is 0 Å². The summed E-state index contributed by atoms with van der Waals surface area (Å²) in [6, 6.07) is 0.461. The van der Waals surface area contributed by atoms with Crippen molar-refractivity contribution in [2.45, 2.75) is 39.7 Å². The van der Waals surface area contributed by atoms with Gasteiger partial charge in [0.2, 0.25) is 5.95 Å². The third-order valence-electron chi connectivity index (χ3n) is 3.68. The highest BCUT2D eigenvalue weighted by atomic mass is 15.2. The first kappa shape index (κ1) is 13.4. The Balaban J connectivity index is 1.93. The quantitative estimate of drug-likeness (QED) is 0.891. The predicted octanol–water partition coefficient (Wildman–Crippen LogP) is 2.53. The summed E-state index contributed by atoms with van der Waals surface area (Å²) in [6.45, 7) is 9.93. The number of anilines is 1. The second-order valence-electron chi connectivity index (χ2n) is 5.86. The van der Waals surface area contributed by atoms with E-state index in [9.17, 15) is 0 Å². The molecule has 4 nitrogen and oxygen atoms in total. The average molecular weight is 250 g/mol. The highest BCUT2D eigenvalue weighted by molar-refractivity contribution is 5.29. The van der Waals surface area contributed by atoms with Gasteiger partial charge in [0.15, 0.2) is 0 Å². The van der Waals surface area contributed by atoms with Crippen LogP contribution in [-0.4, -0.2) is 41.1 Å². The largest absolute Gasteiger partial charge is 0.355 e. The topological polar surface area (TPSA) is 33.1 Å². The van der Waals surface area contributed by atoms with Crippen molar-refractivity contribution < 1.29 is 0 Å². The molecule has 0 spiro atoms. The van der Waals surface area contributed by atoms with Crippen molar-refractivity contribution in [3.8, 4) is 0 Å². The van der Waals surface area contributed by atoms with E-state index in [1.807, 2.05) is 0 Å². The van der Waals surface area contributed by atoms with E-state index in [1.165, 1.54) is 25.9 Å². The van der Waals surface area contributed by atoms with E-state index >= 15 is 0 Å². The molecule has 1 aliphatic rings. The lowest BCUT2D eigenvalue weighted by atomic mass is 9.99. The van der Waals surface area contributed by atoms with Crippen molar-refractivity contribution in [3.05, 3.63) is 11.9 Å². The standard InChI is InChI=1S/C14H26N4/c1-11(2)18-9-12(3)16-14(18)15-8-13-6-5-7-17(4)10-13/h9,11,13H,5-8,10H2,1-4H3,(H,15,16). The minimum absolute atomic E-state index is 0.461. The molecule has 1 aromatic heterocycles. The summed E-state index contributed by atoms with van der Waals surface area (Å²) in [5, 5.41) is 3.53. The summed E-state index contributed by atoms with van der Waals surface area (Å²) in [6.07, 6.45) is 4.78. The highest BCUT2D eigenvalue weighted by Crippen LogP contribution is 2.18. The van der Waals surface area contributed by atoms with Crippen LogP contribution in [-0.2, 0) is 0 Å². The van der Waals surface area contributed by atoms with Gasteiger partial charge >= 0.3 is 0 Å². The van der Waals surface area contributed by atoms with E-state index in [4.69, 9.17) is 0 Å². The molecule has 0 saturated carbocycles. The molecule has 4 heteroatoms. The van der Waals surface area contributed by atoms with Gasteiger partial charge in [-0.2, -0.15) is 0 Å². The Morgan fingerprint density at radius 2 is 2.28 bits per heavy atom. The molecule has 0 aliphatic carbocycles. The summed E-state index contributed by atoms with van der Waals surface area (Å²) < 4.78 is 2.22. The third-order valence-corrected chi connectivity index (χ3v) is 3.68. The molecule has 18 heavy (non-hydrogen) atoms. The molecule has 0 aromatic carbocycles.